The molecule has 0 saturated heterocycles. The summed E-state index contributed by atoms with van der Waals surface area (Å²) in [7, 11) is 0. The summed E-state index contributed by atoms with van der Waals surface area (Å²) in [6.07, 6.45) is 1.42. The van der Waals surface area contributed by atoms with E-state index in [1.165, 1.54) is 0 Å². The molecule has 0 aromatic carbocycles. The van der Waals surface area contributed by atoms with Gasteiger partial charge < -0.3 is 15.7 Å². The first-order valence-corrected chi connectivity index (χ1v) is 5.20. The second kappa shape index (κ2) is 6.79. The van der Waals surface area contributed by atoms with Crippen LogP contribution in [0.3, 0.4) is 0 Å². The van der Waals surface area contributed by atoms with Crippen molar-refractivity contribution in [3.8, 4) is 0 Å². The van der Waals surface area contributed by atoms with Crippen LogP contribution >= 0.6 is 0 Å². The topological polar surface area (TPSA) is 61.4 Å². The maximum atomic E-state index is 11.4. The third kappa shape index (κ3) is 5.19. The van der Waals surface area contributed by atoms with Crippen LogP contribution in [-0.2, 0) is 4.79 Å². The molecule has 0 aromatic rings. The molecule has 0 spiro atoms. The SMILES string of the molecule is CCNCC(=O)NC(C)(CC)CCO. The molecule has 1 amide bonds. The fourth-order valence-electron chi connectivity index (χ4n) is 1.19. The largest absolute Gasteiger partial charge is 0.396 e. The van der Waals surface area contributed by atoms with E-state index in [-0.39, 0.29) is 18.1 Å². The van der Waals surface area contributed by atoms with Gasteiger partial charge in [-0.25, -0.2) is 0 Å². The second-order valence-corrected chi connectivity index (χ2v) is 3.72. The molecular weight excluding hydrogens is 180 g/mol. The number of carbonyl (C=O) groups excluding carboxylic acids is 1. The quantitative estimate of drug-likeness (QED) is 0.555. The van der Waals surface area contributed by atoms with E-state index in [2.05, 4.69) is 10.6 Å². The number of hydrogen-bond donors (Lipinski definition) is 3. The molecule has 4 nitrogen and oxygen atoms in total. The van der Waals surface area contributed by atoms with E-state index >= 15 is 0 Å². The first-order chi connectivity index (χ1) is 6.58. The van der Waals surface area contributed by atoms with Gasteiger partial charge in [-0.15, -0.1) is 0 Å². The summed E-state index contributed by atoms with van der Waals surface area (Å²) in [6, 6.07) is 0. The van der Waals surface area contributed by atoms with Crippen molar-refractivity contribution < 1.29 is 9.90 Å². The van der Waals surface area contributed by atoms with Crippen LogP contribution in [0.25, 0.3) is 0 Å². The summed E-state index contributed by atoms with van der Waals surface area (Å²) in [5.74, 6) is -0.00958. The van der Waals surface area contributed by atoms with Crippen molar-refractivity contribution in [2.24, 2.45) is 0 Å². The van der Waals surface area contributed by atoms with Gasteiger partial charge in [-0.1, -0.05) is 13.8 Å². The van der Waals surface area contributed by atoms with Crippen LogP contribution in [0.15, 0.2) is 0 Å². The van der Waals surface area contributed by atoms with Gasteiger partial charge in [0.05, 0.1) is 6.54 Å². The van der Waals surface area contributed by atoms with E-state index in [4.69, 9.17) is 5.11 Å². The van der Waals surface area contributed by atoms with Crippen LogP contribution in [0, 0.1) is 0 Å². The Kier molecular flexibility index (Phi) is 6.49. The molecule has 0 aliphatic rings. The smallest absolute Gasteiger partial charge is 0.234 e. The van der Waals surface area contributed by atoms with E-state index in [9.17, 15) is 4.79 Å². The predicted octanol–water partition coefficient (Wildman–Crippen LogP) is 0.263. The van der Waals surface area contributed by atoms with Crippen LogP contribution in [0.2, 0.25) is 0 Å². The van der Waals surface area contributed by atoms with Crippen molar-refractivity contribution in [3.05, 3.63) is 0 Å². The first-order valence-electron chi connectivity index (χ1n) is 5.20. The van der Waals surface area contributed by atoms with Gasteiger partial charge in [0, 0.05) is 12.1 Å². The molecule has 0 heterocycles. The average Bonchev–Trinajstić information content (AvgIpc) is 2.15. The van der Waals surface area contributed by atoms with E-state index in [1.54, 1.807) is 0 Å². The highest BCUT2D eigenvalue weighted by Crippen LogP contribution is 2.13. The number of aliphatic hydroxyl groups excluding tert-OH is 1. The number of rotatable bonds is 7. The summed E-state index contributed by atoms with van der Waals surface area (Å²) < 4.78 is 0. The van der Waals surface area contributed by atoms with Crippen molar-refractivity contribution >= 4 is 5.91 Å². The highest BCUT2D eigenvalue weighted by Gasteiger charge is 2.22. The molecule has 1 atom stereocenters. The lowest BCUT2D eigenvalue weighted by atomic mass is 9.95. The number of nitrogens with one attached hydrogen (secondary N) is 2. The van der Waals surface area contributed by atoms with Crippen LogP contribution in [-0.4, -0.2) is 36.2 Å². The third-order valence-corrected chi connectivity index (χ3v) is 2.42. The molecule has 14 heavy (non-hydrogen) atoms. The Hall–Kier alpha value is -0.610. The molecule has 1 unspecified atom stereocenters. The van der Waals surface area contributed by atoms with Gasteiger partial charge in [0.1, 0.15) is 0 Å². The maximum Gasteiger partial charge on any atom is 0.234 e. The molecule has 0 aliphatic heterocycles. The number of aliphatic hydroxyl groups is 1. The molecule has 0 aliphatic carbocycles. The standard InChI is InChI=1S/C10H22N2O2/c1-4-10(3,6-7-13)12-9(14)8-11-5-2/h11,13H,4-8H2,1-3H3,(H,12,14). The lowest BCUT2D eigenvalue weighted by Crippen LogP contribution is -2.49. The molecule has 0 fully saturated rings. The van der Waals surface area contributed by atoms with Gasteiger partial charge >= 0.3 is 0 Å². The minimum atomic E-state index is -0.277. The Morgan fingerprint density at radius 1 is 1.43 bits per heavy atom. The molecule has 0 aromatic heterocycles. The Morgan fingerprint density at radius 3 is 2.50 bits per heavy atom. The molecule has 3 N–H and O–H groups in total. The fourth-order valence-corrected chi connectivity index (χ4v) is 1.19. The van der Waals surface area contributed by atoms with Gasteiger partial charge in [0.15, 0.2) is 0 Å². The number of amides is 1. The lowest BCUT2D eigenvalue weighted by molar-refractivity contribution is -0.122. The monoisotopic (exact) mass is 202 g/mol. The highest BCUT2D eigenvalue weighted by molar-refractivity contribution is 5.78. The summed E-state index contributed by atoms with van der Waals surface area (Å²) in [4.78, 5) is 11.4. The maximum absolute atomic E-state index is 11.4. The predicted molar refractivity (Wildman–Crippen MR) is 57.1 cm³/mol. The third-order valence-electron chi connectivity index (χ3n) is 2.42. The Morgan fingerprint density at radius 2 is 2.07 bits per heavy atom. The van der Waals surface area contributed by atoms with Crippen LogP contribution in [0.4, 0.5) is 0 Å². The number of carbonyl (C=O) groups is 1. The van der Waals surface area contributed by atoms with Gasteiger partial charge in [-0.2, -0.15) is 0 Å². The normalized spacial score (nSPS) is 14.9. The molecule has 0 rings (SSSR count). The van der Waals surface area contributed by atoms with Crippen molar-refractivity contribution in [1.29, 1.82) is 0 Å². The Balaban J connectivity index is 3.96. The highest BCUT2D eigenvalue weighted by atomic mass is 16.3. The molecule has 4 heteroatoms. The molecule has 0 radical (unpaired) electrons. The Bertz CT molecular complexity index is 174. The van der Waals surface area contributed by atoms with Crippen molar-refractivity contribution in [1.82, 2.24) is 10.6 Å². The molecule has 84 valence electrons. The Labute approximate surface area is 86.1 Å². The summed E-state index contributed by atoms with van der Waals surface area (Å²) >= 11 is 0. The van der Waals surface area contributed by atoms with Crippen molar-refractivity contribution in [2.75, 3.05) is 19.7 Å². The number of likely N-dealkylation sites (N-methyl/N-ethyl adjacent to an activating group) is 1. The van der Waals surface area contributed by atoms with Crippen molar-refractivity contribution in [2.45, 2.75) is 39.2 Å². The fraction of sp³-hybridized carbons (Fsp3) is 0.900. The average molecular weight is 202 g/mol. The van der Waals surface area contributed by atoms with E-state index in [0.717, 1.165) is 13.0 Å². The molecule has 0 saturated carbocycles. The van der Waals surface area contributed by atoms with Crippen molar-refractivity contribution in [3.63, 3.8) is 0 Å². The lowest BCUT2D eigenvalue weighted by Gasteiger charge is -2.29. The molecular formula is C10H22N2O2. The zero-order valence-corrected chi connectivity index (χ0v) is 9.39. The summed E-state index contributed by atoms with van der Waals surface area (Å²) in [5.41, 5.74) is -0.277. The summed E-state index contributed by atoms with van der Waals surface area (Å²) in [5, 5.41) is 14.7. The minimum absolute atomic E-state index is 0.00958. The first kappa shape index (κ1) is 13.4. The second-order valence-electron chi connectivity index (χ2n) is 3.72. The van der Waals surface area contributed by atoms with Gasteiger partial charge in [-0.05, 0) is 26.3 Å². The van der Waals surface area contributed by atoms with E-state index < -0.39 is 0 Å². The van der Waals surface area contributed by atoms with E-state index in [1.807, 2.05) is 20.8 Å². The van der Waals surface area contributed by atoms with Gasteiger partial charge in [0.25, 0.3) is 0 Å². The molecule has 0 bridgehead atoms. The van der Waals surface area contributed by atoms with Crippen LogP contribution < -0.4 is 10.6 Å². The zero-order valence-electron chi connectivity index (χ0n) is 9.39. The number of hydrogen-bond acceptors (Lipinski definition) is 3. The van der Waals surface area contributed by atoms with Crippen LogP contribution in [0.1, 0.15) is 33.6 Å². The van der Waals surface area contributed by atoms with E-state index in [0.29, 0.717) is 13.0 Å². The zero-order chi connectivity index (χ0) is 11.0. The van der Waals surface area contributed by atoms with Gasteiger partial charge in [-0.3, -0.25) is 4.79 Å². The van der Waals surface area contributed by atoms with Crippen LogP contribution in [0.5, 0.6) is 0 Å². The minimum Gasteiger partial charge on any atom is -0.396 e. The summed E-state index contributed by atoms with van der Waals surface area (Å²) in [6.45, 7) is 7.15. The van der Waals surface area contributed by atoms with Gasteiger partial charge in [0.2, 0.25) is 5.91 Å².